The second kappa shape index (κ2) is 6.95. The summed E-state index contributed by atoms with van der Waals surface area (Å²) in [4.78, 5) is 23.9. The molecule has 0 saturated carbocycles. The van der Waals surface area contributed by atoms with Crippen LogP contribution in [-0.4, -0.2) is 22.9 Å². The Labute approximate surface area is 154 Å². The largest absolute Gasteiger partial charge is 0.475 e. The van der Waals surface area contributed by atoms with Crippen molar-refractivity contribution in [1.29, 1.82) is 0 Å². The fraction of sp³-hybridized carbons (Fsp3) is 0.222. The Hall–Kier alpha value is -2.42. The van der Waals surface area contributed by atoms with E-state index in [9.17, 15) is 31.5 Å². The monoisotopic (exact) mass is 402 g/mol. The van der Waals surface area contributed by atoms with Gasteiger partial charge in [0.15, 0.2) is 11.6 Å². The van der Waals surface area contributed by atoms with Crippen LogP contribution in [0.25, 0.3) is 0 Å². The maximum Gasteiger partial charge on any atom is 0.475 e. The summed E-state index contributed by atoms with van der Waals surface area (Å²) in [5, 5.41) is -4.48. The Bertz CT molecular complexity index is 914. The van der Waals surface area contributed by atoms with E-state index in [0.717, 1.165) is 24.3 Å². The Morgan fingerprint density at radius 2 is 1.63 bits per heavy atom. The molecule has 1 heterocycles. The summed E-state index contributed by atoms with van der Waals surface area (Å²) in [5.41, 5.74) is -0.186. The summed E-state index contributed by atoms with van der Waals surface area (Å²) in [7, 11) is 0. The third kappa shape index (κ3) is 3.83. The zero-order valence-electron chi connectivity index (χ0n) is 13.5. The van der Waals surface area contributed by atoms with E-state index in [-0.39, 0.29) is 28.9 Å². The summed E-state index contributed by atoms with van der Waals surface area (Å²) in [6.07, 6.45) is -5.23. The minimum absolute atomic E-state index is 0.0350. The molecule has 0 radical (unpaired) electrons. The van der Waals surface area contributed by atoms with Crippen molar-refractivity contribution in [3.05, 3.63) is 59.4 Å². The second-order valence-corrected chi connectivity index (χ2v) is 6.88. The van der Waals surface area contributed by atoms with Crippen LogP contribution in [0, 0.1) is 5.82 Å². The van der Waals surface area contributed by atoms with Gasteiger partial charge in [0, 0.05) is 18.4 Å². The van der Waals surface area contributed by atoms with Gasteiger partial charge in [-0.3, -0.25) is 9.59 Å². The zero-order chi connectivity index (χ0) is 19.8. The van der Waals surface area contributed by atoms with Gasteiger partial charge in [0.05, 0.1) is 10.5 Å². The molecule has 0 fully saturated rings. The number of thioether (sulfide) groups is 1. The first-order valence-corrected chi connectivity index (χ1v) is 8.51. The Morgan fingerprint density at radius 3 is 2.33 bits per heavy atom. The zero-order valence-corrected chi connectivity index (χ0v) is 14.3. The summed E-state index contributed by atoms with van der Waals surface area (Å²) in [6, 6.07) is 8.46. The van der Waals surface area contributed by atoms with Crippen LogP contribution in [0.4, 0.5) is 22.0 Å². The molecule has 3 rings (SSSR count). The van der Waals surface area contributed by atoms with Gasteiger partial charge in [-0.1, -0.05) is 12.1 Å². The van der Waals surface area contributed by atoms with E-state index in [1.807, 2.05) is 0 Å². The number of Topliss-reactive ketones (excluding diaryl/α,β-unsaturated/α-hetero) is 2. The van der Waals surface area contributed by atoms with E-state index < -0.39 is 46.3 Å². The molecule has 142 valence electrons. The van der Waals surface area contributed by atoms with Gasteiger partial charge in [0.2, 0.25) is 0 Å². The molecule has 0 saturated heterocycles. The van der Waals surface area contributed by atoms with Gasteiger partial charge in [-0.15, -0.1) is 0 Å². The number of carbonyl (C=O) groups is 2. The molecule has 2 aromatic rings. The smallest absolute Gasteiger partial charge is 0.426 e. The predicted octanol–water partition coefficient (Wildman–Crippen LogP) is 5.34. The van der Waals surface area contributed by atoms with E-state index >= 15 is 0 Å². The molecule has 0 aromatic heterocycles. The fourth-order valence-corrected chi connectivity index (χ4v) is 3.27. The molecule has 0 spiro atoms. The highest BCUT2D eigenvalue weighted by molar-refractivity contribution is 8.00. The average Bonchev–Trinajstić information content (AvgIpc) is 2.60. The third-order valence-electron chi connectivity index (χ3n) is 3.83. The molecule has 0 atom stereocenters. The molecule has 1 aliphatic heterocycles. The third-order valence-corrected chi connectivity index (χ3v) is 4.87. The molecule has 0 aliphatic carbocycles. The summed E-state index contributed by atoms with van der Waals surface area (Å²) in [6.45, 7) is 0. The van der Waals surface area contributed by atoms with E-state index in [0.29, 0.717) is 0 Å². The number of alkyl halides is 4. The minimum Gasteiger partial charge on any atom is -0.426 e. The van der Waals surface area contributed by atoms with Crippen LogP contribution in [0.5, 0.6) is 5.75 Å². The van der Waals surface area contributed by atoms with Gasteiger partial charge < -0.3 is 4.74 Å². The highest BCUT2D eigenvalue weighted by Gasteiger charge is 2.63. The lowest BCUT2D eigenvalue weighted by atomic mass is 10.0. The van der Waals surface area contributed by atoms with Crippen molar-refractivity contribution < 1.29 is 36.3 Å². The maximum atomic E-state index is 13.6. The van der Waals surface area contributed by atoms with Gasteiger partial charge in [-0.25, -0.2) is 4.39 Å². The summed E-state index contributed by atoms with van der Waals surface area (Å²) in [5.74, 6) is -2.32. The highest BCUT2D eigenvalue weighted by Crippen LogP contribution is 2.54. The van der Waals surface area contributed by atoms with Crippen LogP contribution in [0.2, 0.25) is 0 Å². The van der Waals surface area contributed by atoms with Gasteiger partial charge >= 0.3 is 11.4 Å². The molecule has 2 aromatic carbocycles. The maximum absolute atomic E-state index is 13.6. The molecular weight excluding hydrogens is 391 g/mol. The highest BCUT2D eigenvalue weighted by atomic mass is 32.2. The lowest BCUT2D eigenvalue weighted by molar-refractivity contribution is -0.273. The van der Waals surface area contributed by atoms with Crippen molar-refractivity contribution in [1.82, 2.24) is 0 Å². The SMILES string of the molecule is O=C(CCC(=O)c1ccccc1F)c1ccc2c(c1)SC(F)(F)C(F)(F)O2. The average molecular weight is 402 g/mol. The van der Waals surface area contributed by atoms with Crippen molar-refractivity contribution in [2.45, 2.75) is 29.1 Å². The molecule has 0 N–H and O–H groups in total. The number of rotatable bonds is 5. The fourth-order valence-electron chi connectivity index (χ4n) is 2.43. The van der Waals surface area contributed by atoms with Crippen LogP contribution >= 0.6 is 11.8 Å². The van der Waals surface area contributed by atoms with Gasteiger partial charge in [-0.05, 0) is 42.1 Å². The molecule has 3 nitrogen and oxygen atoms in total. The van der Waals surface area contributed by atoms with Crippen molar-refractivity contribution in [2.75, 3.05) is 0 Å². The quantitative estimate of drug-likeness (QED) is 0.500. The van der Waals surface area contributed by atoms with E-state index in [1.54, 1.807) is 0 Å². The van der Waals surface area contributed by atoms with E-state index in [1.165, 1.54) is 18.2 Å². The normalized spacial score (nSPS) is 16.9. The second-order valence-electron chi connectivity index (χ2n) is 5.73. The number of ether oxygens (including phenoxy) is 1. The lowest BCUT2D eigenvalue weighted by Gasteiger charge is -2.31. The van der Waals surface area contributed by atoms with Crippen molar-refractivity contribution in [3.8, 4) is 5.75 Å². The first-order valence-electron chi connectivity index (χ1n) is 7.69. The van der Waals surface area contributed by atoms with Crippen molar-refractivity contribution in [3.63, 3.8) is 0 Å². The minimum atomic E-state index is -4.66. The number of carbonyl (C=O) groups excluding carboxylic acids is 2. The Balaban J connectivity index is 1.72. The van der Waals surface area contributed by atoms with E-state index in [4.69, 9.17) is 0 Å². The van der Waals surface area contributed by atoms with Crippen LogP contribution in [0.15, 0.2) is 47.4 Å². The molecule has 27 heavy (non-hydrogen) atoms. The molecule has 0 amide bonds. The molecule has 9 heteroatoms. The van der Waals surface area contributed by atoms with Crippen LogP contribution < -0.4 is 4.74 Å². The number of benzene rings is 2. The van der Waals surface area contributed by atoms with Gasteiger partial charge in [0.25, 0.3) is 0 Å². The molecule has 1 aliphatic rings. The number of hydrogen-bond acceptors (Lipinski definition) is 4. The van der Waals surface area contributed by atoms with Crippen LogP contribution in [0.1, 0.15) is 33.6 Å². The molecular formula is C18H11F5O3S. The Kier molecular flexibility index (Phi) is 4.98. The lowest BCUT2D eigenvalue weighted by Crippen LogP contribution is -2.45. The number of halogens is 5. The number of ketones is 2. The summed E-state index contributed by atoms with van der Waals surface area (Å²) < 4.78 is 70.8. The Morgan fingerprint density at radius 1 is 0.963 bits per heavy atom. The van der Waals surface area contributed by atoms with Crippen molar-refractivity contribution in [2.24, 2.45) is 0 Å². The van der Waals surface area contributed by atoms with Crippen LogP contribution in [-0.2, 0) is 0 Å². The number of fused-ring (bicyclic) bond motifs is 1. The molecule has 0 bridgehead atoms. The number of hydrogen-bond donors (Lipinski definition) is 0. The first-order chi connectivity index (χ1) is 12.6. The van der Waals surface area contributed by atoms with Crippen molar-refractivity contribution >= 4 is 23.3 Å². The topological polar surface area (TPSA) is 43.4 Å². The van der Waals surface area contributed by atoms with E-state index in [2.05, 4.69) is 4.74 Å². The summed E-state index contributed by atoms with van der Waals surface area (Å²) >= 11 is -0.401. The first kappa shape index (κ1) is 19.3. The molecule has 0 unspecified atom stereocenters. The van der Waals surface area contributed by atoms with Crippen LogP contribution in [0.3, 0.4) is 0 Å². The standard InChI is InChI=1S/C18H11F5O3S/c19-12-4-2-1-3-11(12)14(25)7-6-13(24)10-5-8-15-16(9-10)27-18(22,23)17(20,21)26-15/h1-5,8-9H,6-7H2. The van der Waals surface area contributed by atoms with Gasteiger partial charge in [0.1, 0.15) is 11.6 Å². The predicted molar refractivity (Wildman–Crippen MR) is 87.1 cm³/mol. The van der Waals surface area contributed by atoms with Gasteiger partial charge in [-0.2, -0.15) is 17.6 Å².